The predicted octanol–water partition coefficient (Wildman–Crippen LogP) is 4.68. The van der Waals surface area contributed by atoms with Crippen LogP contribution in [-0.4, -0.2) is 36.0 Å². The Bertz CT molecular complexity index is 720. The van der Waals surface area contributed by atoms with E-state index in [0.29, 0.717) is 6.04 Å². The van der Waals surface area contributed by atoms with E-state index in [1.54, 1.807) is 5.96 Å². The standard InChI is InChI=1S/C23H31N2OP/c1-3-25(4-2)21-17-15-20(16-18-21)24-19-27(26,22-11-7-5-8-12-22)23-13-9-6-10-14-23/h5-14,19-21H,3-4,15-18H2,1-2H3. The second-order valence-corrected chi connectivity index (χ2v) is 9.86. The van der Waals surface area contributed by atoms with Gasteiger partial charge >= 0.3 is 0 Å². The number of hydrogen-bond acceptors (Lipinski definition) is 3. The van der Waals surface area contributed by atoms with E-state index in [4.69, 9.17) is 4.99 Å². The lowest BCUT2D eigenvalue weighted by molar-refractivity contribution is 0.165. The van der Waals surface area contributed by atoms with Crippen molar-refractivity contribution in [2.75, 3.05) is 13.1 Å². The zero-order valence-corrected chi connectivity index (χ0v) is 17.4. The van der Waals surface area contributed by atoms with Crippen LogP contribution >= 0.6 is 7.14 Å². The van der Waals surface area contributed by atoms with Crippen LogP contribution in [0.3, 0.4) is 0 Å². The summed E-state index contributed by atoms with van der Waals surface area (Å²) in [6, 6.07) is 20.5. The molecule has 3 rings (SSSR count). The van der Waals surface area contributed by atoms with Crippen LogP contribution in [0.15, 0.2) is 65.7 Å². The maximum Gasteiger partial charge on any atom is 0.181 e. The van der Waals surface area contributed by atoms with E-state index in [9.17, 15) is 4.57 Å². The molecule has 0 aliphatic heterocycles. The van der Waals surface area contributed by atoms with Gasteiger partial charge in [0.05, 0.1) is 12.0 Å². The molecule has 0 radical (unpaired) electrons. The van der Waals surface area contributed by atoms with Gasteiger partial charge in [-0.2, -0.15) is 0 Å². The van der Waals surface area contributed by atoms with Gasteiger partial charge in [0, 0.05) is 16.7 Å². The molecule has 0 amide bonds. The van der Waals surface area contributed by atoms with Crippen LogP contribution < -0.4 is 10.6 Å². The molecule has 3 nitrogen and oxygen atoms in total. The molecule has 1 aliphatic rings. The molecular weight excluding hydrogens is 351 g/mol. The molecule has 4 heteroatoms. The lowest BCUT2D eigenvalue weighted by Gasteiger charge is -2.34. The van der Waals surface area contributed by atoms with Crippen LogP contribution in [0.25, 0.3) is 0 Å². The summed E-state index contributed by atoms with van der Waals surface area (Å²) in [5, 5.41) is 1.72. The first-order valence-corrected chi connectivity index (χ1v) is 11.9. The molecule has 2 aromatic rings. The summed E-state index contributed by atoms with van der Waals surface area (Å²) in [4.78, 5) is 7.40. The molecule has 0 aromatic heterocycles. The van der Waals surface area contributed by atoms with Crippen molar-refractivity contribution in [3.63, 3.8) is 0 Å². The van der Waals surface area contributed by atoms with Crippen molar-refractivity contribution in [1.29, 1.82) is 0 Å². The zero-order chi connectivity index (χ0) is 19.1. The lowest BCUT2D eigenvalue weighted by Crippen LogP contribution is -2.38. The number of aliphatic imine (C=N–C) groups is 1. The Kier molecular flexibility index (Phi) is 7.04. The highest BCUT2D eigenvalue weighted by Gasteiger charge is 2.27. The van der Waals surface area contributed by atoms with E-state index in [1.807, 2.05) is 60.7 Å². The van der Waals surface area contributed by atoms with Gasteiger partial charge in [-0.25, -0.2) is 0 Å². The quantitative estimate of drug-likeness (QED) is 0.514. The van der Waals surface area contributed by atoms with Gasteiger partial charge in [0.1, 0.15) is 0 Å². The molecule has 0 bridgehead atoms. The predicted molar refractivity (Wildman–Crippen MR) is 117 cm³/mol. The average molecular weight is 382 g/mol. The minimum Gasteiger partial charge on any atom is -0.308 e. The van der Waals surface area contributed by atoms with Crippen molar-refractivity contribution in [3.8, 4) is 0 Å². The van der Waals surface area contributed by atoms with Crippen LogP contribution in [0.1, 0.15) is 39.5 Å². The van der Waals surface area contributed by atoms with Gasteiger partial charge in [0.25, 0.3) is 0 Å². The second kappa shape index (κ2) is 9.48. The Hall–Kier alpha value is -1.70. The summed E-state index contributed by atoms with van der Waals surface area (Å²) >= 11 is 0. The number of benzene rings is 2. The van der Waals surface area contributed by atoms with Gasteiger partial charge < -0.3 is 9.46 Å². The van der Waals surface area contributed by atoms with Gasteiger partial charge in [-0.15, -0.1) is 0 Å². The highest BCUT2D eigenvalue weighted by molar-refractivity contribution is 7.91. The molecule has 0 unspecified atom stereocenters. The number of rotatable bonds is 7. The first-order valence-electron chi connectivity index (χ1n) is 10.2. The first-order chi connectivity index (χ1) is 13.2. The highest BCUT2D eigenvalue weighted by Crippen LogP contribution is 2.41. The summed E-state index contributed by atoms with van der Waals surface area (Å²) < 4.78 is 14.0. The lowest BCUT2D eigenvalue weighted by atomic mass is 9.90. The van der Waals surface area contributed by atoms with Gasteiger partial charge in [-0.1, -0.05) is 74.5 Å². The summed E-state index contributed by atoms with van der Waals surface area (Å²) in [6.45, 7) is 6.71. The third kappa shape index (κ3) is 4.78. The Morgan fingerprint density at radius 1 is 0.889 bits per heavy atom. The summed E-state index contributed by atoms with van der Waals surface area (Å²) in [5.74, 6) is 1.78. The largest absolute Gasteiger partial charge is 0.308 e. The van der Waals surface area contributed by atoms with Crippen molar-refractivity contribution in [2.24, 2.45) is 4.99 Å². The van der Waals surface area contributed by atoms with Crippen molar-refractivity contribution in [2.45, 2.75) is 51.6 Å². The van der Waals surface area contributed by atoms with Crippen molar-refractivity contribution >= 4 is 23.7 Å². The molecule has 0 saturated heterocycles. The van der Waals surface area contributed by atoms with Crippen LogP contribution in [0.2, 0.25) is 0 Å². The first kappa shape index (κ1) is 20.0. The maximum absolute atomic E-state index is 14.0. The number of nitrogens with zero attached hydrogens (tertiary/aromatic N) is 2. The van der Waals surface area contributed by atoms with E-state index >= 15 is 0 Å². The smallest absolute Gasteiger partial charge is 0.181 e. The van der Waals surface area contributed by atoms with Crippen LogP contribution in [-0.2, 0) is 4.57 Å². The zero-order valence-electron chi connectivity index (χ0n) is 16.5. The molecule has 0 heterocycles. The van der Waals surface area contributed by atoms with E-state index in [1.165, 1.54) is 12.8 Å². The van der Waals surface area contributed by atoms with Crippen molar-refractivity contribution in [1.82, 2.24) is 4.90 Å². The van der Waals surface area contributed by atoms with E-state index in [0.717, 1.165) is 36.5 Å². The van der Waals surface area contributed by atoms with E-state index in [-0.39, 0.29) is 6.04 Å². The van der Waals surface area contributed by atoms with E-state index < -0.39 is 7.14 Å². The third-order valence-corrected chi connectivity index (χ3v) is 8.30. The average Bonchev–Trinajstić information content (AvgIpc) is 2.75. The van der Waals surface area contributed by atoms with Gasteiger partial charge in [0.2, 0.25) is 0 Å². The van der Waals surface area contributed by atoms with Crippen LogP contribution in [0, 0.1) is 0 Å². The Labute approximate surface area is 163 Å². The molecule has 2 aromatic carbocycles. The van der Waals surface area contributed by atoms with Crippen LogP contribution in [0.5, 0.6) is 0 Å². The molecule has 0 spiro atoms. The molecule has 144 valence electrons. The number of hydrogen-bond donors (Lipinski definition) is 0. The van der Waals surface area contributed by atoms with Gasteiger partial charge in [-0.3, -0.25) is 4.99 Å². The topological polar surface area (TPSA) is 32.7 Å². The highest BCUT2D eigenvalue weighted by atomic mass is 31.2. The van der Waals surface area contributed by atoms with Crippen molar-refractivity contribution < 1.29 is 4.57 Å². The SMILES string of the molecule is CCN(CC)C1CCC(N=CP(=O)(c2ccccc2)c2ccccc2)CC1. The fraction of sp³-hybridized carbons (Fsp3) is 0.435. The van der Waals surface area contributed by atoms with Crippen LogP contribution in [0.4, 0.5) is 0 Å². The minimum absolute atomic E-state index is 0.289. The van der Waals surface area contributed by atoms with Gasteiger partial charge in [-0.05, 0) is 38.8 Å². The maximum atomic E-state index is 14.0. The monoisotopic (exact) mass is 382 g/mol. The molecule has 27 heavy (non-hydrogen) atoms. The molecule has 1 fully saturated rings. The fourth-order valence-electron chi connectivity index (χ4n) is 4.08. The Balaban J connectivity index is 1.77. The van der Waals surface area contributed by atoms with E-state index in [2.05, 4.69) is 18.7 Å². The minimum atomic E-state index is -2.84. The van der Waals surface area contributed by atoms with Gasteiger partial charge in [0.15, 0.2) is 7.14 Å². The summed E-state index contributed by atoms with van der Waals surface area (Å²) in [6.07, 6.45) is 4.54. The molecular formula is C23H31N2OP. The summed E-state index contributed by atoms with van der Waals surface area (Å²) in [7, 11) is -2.84. The second-order valence-electron chi connectivity index (χ2n) is 7.28. The summed E-state index contributed by atoms with van der Waals surface area (Å²) in [5.41, 5.74) is 0. The normalized spacial score (nSPS) is 21.0. The molecule has 0 atom stereocenters. The third-order valence-electron chi connectivity index (χ3n) is 5.71. The van der Waals surface area contributed by atoms with Crippen molar-refractivity contribution in [3.05, 3.63) is 60.7 Å². The molecule has 0 N–H and O–H groups in total. The Morgan fingerprint density at radius 2 is 1.37 bits per heavy atom. The molecule has 1 aliphatic carbocycles. The molecule has 1 saturated carbocycles. The fourth-order valence-corrected chi connectivity index (χ4v) is 6.25. The Morgan fingerprint density at radius 3 is 1.81 bits per heavy atom.